The number of aromatic amines is 1. The topological polar surface area (TPSA) is 39.3 Å². The van der Waals surface area contributed by atoms with E-state index in [4.69, 9.17) is 0 Å². The number of nitrogens with one attached hydrogen (secondary N) is 1. The Morgan fingerprint density at radius 2 is 1.69 bits per heavy atom. The van der Waals surface area contributed by atoms with Crippen molar-refractivity contribution in [2.45, 2.75) is 20.3 Å². The van der Waals surface area contributed by atoms with Crippen LogP contribution in [0.5, 0.6) is 0 Å². The molecule has 3 aromatic rings. The van der Waals surface area contributed by atoms with Crippen LogP contribution < -0.4 is 4.90 Å². The van der Waals surface area contributed by atoms with E-state index in [1.807, 2.05) is 29.3 Å². The number of nitrogens with zero attached hydrogens (tertiary/aromatic N) is 2. The molecule has 0 saturated carbocycles. The van der Waals surface area contributed by atoms with Crippen molar-refractivity contribution in [3.05, 3.63) is 65.4 Å². The summed E-state index contributed by atoms with van der Waals surface area (Å²) in [6.07, 6.45) is 2.43. The standard InChI is InChI=1S/C22H25N3O/c1-16-11-17(2)13-19(12-16)24-7-9-25(10-8-24)22(26)14-18-15-23-21-6-4-3-5-20(18)21/h3-6,11-13,15,23H,7-10,14H2,1-2H3. The van der Waals surface area contributed by atoms with Gasteiger partial charge in [0, 0.05) is 49.0 Å². The van der Waals surface area contributed by atoms with Gasteiger partial charge in [-0.15, -0.1) is 0 Å². The van der Waals surface area contributed by atoms with Crippen molar-refractivity contribution in [1.82, 2.24) is 9.88 Å². The average molecular weight is 347 g/mol. The number of para-hydroxylation sites is 1. The van der Waals surface area contributed by atoms with Gasteiger partial charge in [0.2, 0.25) is 5.91 Å². The molecule has 4 nitrogen and oxygen atoms in total. The number of rotatable bonds is 3. The molecule has 0 aliphatic carbocycles. The Hall–Kier alpha value is -2.75. The zero-order chi connectivity index (χ0) is 18.1. The zero-order valence-electron chi connectivity index (χ0n) is 15.5. The van der Waals surface area contributed by atoms with Gasteiger partial charge in [-0.2, -0.15) is 0 Å². The summed E-state index contributed by atoms with van der Waals surface area (Å²) in [5.41, 5.74) is 6.03. The highest BCUT2D eigenvalue weighted by Crippen LogP contribution is 2.22. The molecule has 0 bridgehead atoms. The fourth-order valence-electron chi connectivity index (χ4n) is 3.90. The van der Waals surface area contributed by atoms with E-state index in [9.17, 15) is 4.79 Å². The summed E-state index contributed by atoms with van der Waals surface area (Å²) in [4.78, 5) is 20.4. The summed E-state index contributed by atoms with van der Waals surface area (Å²) in [6, 6.07) is 14.8. The molecule has 0 atom stereocenters. The minimum atomic E-state index is 0.217. The van der Waals surface area contributed by atoms with Crippen LogP contribution in [0.25, 0.3) is 10.9 Å². The SMILES string of the molecule is Cc1cc(C)cc(N2CCN(C(=O)Cc3c[nH]c4ccccc34)CC2)c1. The second kappa shape index (κ2) is 6.87. The number of fused-ring (bicyclic) bond motifs is 1. The van der Waals surface area contributed by atoms with E-state index in [2.05, 4.69) is 48.0 Å². The third-order valence-electron chi connectivity index (χ3n) is 5.22. The van der Waals surface area contributed by atoms with Crippen LogP contribution in [-0.2, 0) is 11.2 Å². The molecule has 1 amide bonds. The number of aryl methyl sites for hydroxylation is 2. The molecule has 0 unspecified atom stereocenters. The smallest absolute Gasteiger partial charge is 0.227 e. The first-order valence-electron chi connectivity index (χ1n) is 9.26. The largest absolute Gasteiger partial charge is 0.368 e. The van der Waals surface area contributed by atoms with Crippen LogP contribution in [0.2, 0.25) is 0 Å². The summed E-state index contributed by atoms with van der Waals surface area (Å²) in [5, 5.41) is 1.15. The molecule has 26 heavy (non-hydrogen) atoms. The molecule has 0 radical (unpaired) electrons. The predicted octanol–water partition coefficient (Wildman–Crippen LogP) is 3.68. The third-order valence-corrected chi connectivity index (χ3v) is 5.22. The summed E-state index contributed by atoms with van der Waals surface area (Å²) in [5.74, 6) is 0.217. The van der Waals surface area contributed by atoms with Crippen molar-refractivity contribution in [1.29, 1.82) is 0 Å². The summed E-state index contributed by atoms with van der Waals surface area (Å²) >= 11 is 0. The summed E-state index contributed by atoms with van der Waals surface area (Å²) < 4.78 is 0. The molecule has 1 aliphatic heterocycles. The van der Waals surface area contributed by atoms with Gasteiger partial charge in [-0.3, -0.25) is 4.79 Å². The lowest BCUT2D eigenvalue weighted by molar-refractivity contribution is -0.130. The van der Waals surface area contributed by atoms with Crippen LogP contribution in [0.15, 0.2) is 48.7 Å². The van der Waals surface area contributed by atoms with Gasteiger partial charge in [-0.05, 0) is 48.7 Å². The van der Waals surface area contributed by atoms with E-state index in [-0.39, 0.29) is 5.91 Å². The zero-order valence-corrected chi connectivity index (χ0v) is 15.5. The normalized spacial score (nSPS) is 14.8. The van der Waals surface area contributed by atoms with Crippen molar-refractivity contribution in [2.24, 2.45) is 0 Å². The molecule has 1 aromatic heterocycles. The second-order valence-electron chi connectivity index (χ2n) is 7.25. The maximum absolute atomic E-state index is 12.8. The monoisotopic (exact) mass is 347 g/mol. The number of benzene rings is 2. The number of anilines is 1. The van der Waals surface area contributed by atoms with E-state index in [1.165, 1.54) is 16.8 Å². The van der Waals surface area contributed by atoms with Gasteiger partial charge < -0.3 is 14.8 Å². The number of carbonyl (C=O) groups is 1. The Balaban J connectivity index is 1.40. The number of hydrogen-bond donors (Lipinski definition) is 1. The van der Waals surface area contributed by atoms with Gasteiger partial charge in [-0.25, -0.2) is 0 Å². The van der Waals surface area contributed by atoms with Crippen LogP contribution in [0.3, 0.4) is 0 Å². The van der Waals surface area contributed by atoms with Gasteiger partial charge in [0.1, 0.15) is 0 Å². The van der Waals surface area contributed by atoms with Gasteiger partial charge in [0.05, 0.1) is 6.42 Å². The highest BCUT2D eigenvalue weighted by atomic mass is 16.2. The fraction of sp³-hybridized carbons (Fsp3) is 0.318. The minimum Gasteiger partial charge on any atom is -0.368 e. The fourth-order valence-corrected chi connectivity index (χ4v) is 3.90. The maximum Gasteiger partial charge on any atom is 0.227 e. The van der Waals surface area contributed by atoms with E-state index < -0.39 is 0 Å². The Bertz CT molecular complexity index is 915. The third kappa shape index (κ3) is 3.32. The highest BCUT2D eigenvalue weighted by molar-refractivity contribution is 5.89. The number of H-pyrrole nitrogens is 1. The molecular weight excluding hydrogens is 322 g/mol. The molecule has 4 rings (SSSR count). The molecule has 1 aliphatic rings. The van der Waals surface area contributed by atoms with Crippen molar-refractivity contribution < 1.29 is 4.79 Å². The molecule has 4 heteroatoms. The average Bonchev–Trinajstić information content (AvgIpc) is 3.04. The van der Waals surface area contributed by atoms with Crippen LogP contribution in [0.1, 0.15) is 16.7 Å². The molecule has 2 heterocycles. The summed E-state index contributed by atoms with van der Waals surface area (Å²) in [6.45, 7) is 7.63. The van der Waals surface area contributed by atoms with Crippen molar-refractivity contribution in [3.63, 3.8) is 0 Å². The molecule has 2 aromatic carbocycles. The highest BCUT2D eigenvalue weighted by Gasteiger charge is 2.22. The first kappa shape index (κ1) is 16.7. The number of aromatic nitrogens is 1. The quantitative estimate of drug-likeness (QED) is 0.785. The Kier molecular flexibility index (Phi) is 4.41. The van der Waals surface area contributed by atoms with Gasteiger partial charge >= 0.3 is 0 Å². The lowest BCUT2D eigenvalue weighted by Crippen LogP contribution is -2.49. The van der Waals surface area contributed by atoms with E-state index in [0.29, 0.717) is 6.42 Å². The molecule has 0 spiro atoms. The molecule has 1 N–H and O–H groups in total. The lowest BCUT2D eigenvalue weighted by atomic mass is 10.1. The van der Waals surface area contributed by atoms with Crippen molar-refractivity contribution in [2.75, 3.05) is 31.1 Å². The van der Waals surface area contributed by atoms with Crippen molar-refractivity contribution >= 4 is 22.5 Å². The number of amides is 1. The first-order valence-corrected chi connectivity index (χ1v) is 9.26. The van der Waals surface area contributed by atoms with E-state index in [1.54, 1.807) is 0 Å². The number of hydrogen-bond acceptors (Lipinski definition) is 2. The van der Waals surface area contributed by atoms with E-state index >= 15 is 0 Å². The predicted molar refractivity (Wildman–Crippen MR) is 107 cm³/mol. The molecule has 134 valence electrons. The Morgan fingerprint density at radius 1 is 1.00 bits per heavy atom. The van der Waals surface area contributed by atoms with Gasteiger partial charge in [0.25, 0.3) is 0 Å². The minimum absolute atomic E-state index is 0.217. The van der Waals surface area contributed by atoms with Crippen LogP contribution in [-0.4, -0.2) is 42.0 Å². The van der Waals surface area contributed by atoms with Crippen molar-refractivity contribution in [3.8, 4) is 0 Å². The first-order chi connectivity index (χ1) is 12.6. The van der Waals surface area contributed by atoms with Gasteiger partial charge in [-0.1, -0.05) is 24.3 Å². The molecule has 1 fully saturated rings. The molecular formula is C22H25N3O. The van der Waals surface area contributed by atoms with E-state index in [0.717, 1.165) is 42.6 Å². The second-order valence-corrected chi connectivity index (χ2v) is 7.25. The molecule has 1 saturated heterocycles. The summed E-state index contributed by atoms with van der Waals surface area (Å²) in [7, 11) is 0. The number of piperazine rings is 1. The Labute approximate surface area is 154 Å². The van der Waals surface area contributed by atoms with Crippen LogP contribution in [0, 0.1) is 13.8 Å². The van der Waals surface area contributed by atoms with Crippen LogP contribution in [0.4, 0.5) is 5.69 Å². The lowest BCUT2D eigenvalue weighted by Gasteiger charge is -2.36. The van der Waals surface area contributed by atoms with Crippen LogP contribution >= 0.6 is 0 Å². The number of carbonyl (C=O) groups excluding carboxylic acids is 1. The Morgan fingerprint density at radius 3 is 2.42 bits per heavy atom. The van der Waals surface area contributed by atoms with Gasteiger partial charge in [0.15, 0.2) is 0 Å². The maximum atomic E-state index is 12.8.